The van der Waals surface area contributed by atoms with Crippen molar-refractivity contribution < 1.29 is 37.6 Å². The topological polar surface area (TPSA) is 145 Å². The molecule has 3 atom stereocenters. The Morgan fingerprint density at radius 2 is 1.64 bits per heavy atom. The lowest BCUT2D eigenvalue weighted by Crippen LogP contribution is -2.42. The Hall–Kier alpha value is -0.290. The Bertz CT molecular complexity index is 248. The summed E-state index contributed by atoms with van der Waals surface area (Å²) < 4.78 is 31.9. The van der Waals surface area contributed by atoms with Gasteiger partial charge in [-0.25, -0.2) is 4.18 Å². The van der Waals surface area contributed by atoms with Crippen LogP contribution in [0.1, 0.15) is 0 Å². The van der Waals surface area contributed by atoms with E-state index < -0.39 is 41.9 Å². The van der Waals surface area contributed by atoms with E-state index in [0.29, 0.717) is 0 Å². The van der Waals surface area contributed by atoms with Crippen molar-refractivity contribution in [1.29, 1.82) is 0 Å². The summed E-state index contributed by atoms with van der Waals surface area (Å²) in [6, 6.07) is 0. The van der Waals surface area contributed by atoms with Crippen LogP contribution in [0.4, 0.5) is 0 Å². The minimum absolute atomic E-state index is 0.801. The zero-order valence-corrected chi connectivity index (χ0v) is 7.83. The molecular weight excluding hydrogens is 220 g/mol. The van der Waals surface area contributed by atoms with Crippen LogP contribution in [0.3, 0.4) is 0 Å². The van der Waals surface area contributed by atoms with Gasteiger partial charge >= 0.3 is 10.4 Å². The molecule has 0 amide bonds. The van der Waals surface area contributed by atoms with E-state index in [9.17, 15) is 8.42 Å². The fraction of sp³-hybridized carbons (Fsp3) is 1.00. The monoisotopic (exact) mass is 232 g/mol. The van der Waals surface area contributed by atoms with Crippen molar-refractivity contribution in [3.63, 3.8) is 0 Å². The van der Waals surface area contributed by atoms with E-state index in [1.165, 1.54) is 0 Å². The predicted molar refractivity (Wildman–Crippen MR) is 42.6 cm³/mol. The third-order valence-corrected chi connectivity index (χ3v) is 1.80. The fourth-order valence-electron chi connectivity index (χ4n) is 0.619. The first-order chi connectivity index (χ1) is 6.28. The maximum absolute atomic E-state index is 10.0. The lowest BCUT2D eigenvalue weighted by Gasteiger charge is -2.20. The van der Waals surface area contributed by atoms with Crippen molar-refractivity contribution in [3.8, 4) is 0 Å². The maximum Gasteiger partial charge on any atom is 0.397 e. The van der Waals surface area contributed by atoms with Crippen LogP contribution in [0.25, 0.3) is 0 Å². The molecule has 0 aromatic heterocycles. The van der Waals surface area contributed by atoms with Gasteiger partial charge in [-0.05, 0) is 0 Å². The smallest absolute Gasteiger partial charge is 0.394 e. The van der Waals surface area contributed by atoms with Gasteiger partial charge in [0.05, 0.1) is 13.2 Å². The molecule has 0 bridgehead atoms. The second kappa shape index (κ2) is 5.56. The molecule has 0 aliphatic rings. The molecule has 0 aromatic rings. The molecule has 9 heteroatoms. The number of hydrogen-bond donors (Lipinski definition) is 5. The van der Waals surface area contributed by atoms with Crippen LogP contribution in [0.2, 0.25) is 0 Å². The molecule has 0 rings (SSSR count). The molecule has 8 nitrogen and oxygen atoms in total. The SMILES string of the molecule is O=S(=O)(O)OCC(O)C(O)C(O)CO. The summed E-state index contributed by atoms with van der Waals surface area (Å²) in [5.41, 5.74) is 0. The molecule has 0 spiro atoms. The standard InChI is InChI=1S/C5H12O8S/c6-1-3(7)5(9)4(8)2-13-14(10,11)12/h3-9H,1-2H2,(H,10,11,12). The summed E-state index contributed by atoms with van der Waals surface area (Å²) in [4.78, 5) is 0. The second-order valence-electron chi connectivity index (χ2n) is 2.52. The van der Waals surface area contributed by atoms with Gasteiger partial charge in [0.15, 0.2) is 0 Å². The predicted octanol–water partition coefficient (Wildman–Crippen LogP) is -3.12. The van der Waals surface area contributed by atoms with Crippen molar-refractivity contribution in [3.05, 3.63) is 0 Å². The number of aliphatic hydroxyl groups excluding tert-OH is 4. The van der Waals surface area contributed by atoms with Crippen molar-refractivity contribution in [1.82, 2.24) is 0 Å². The van der Waals surface area contributed by atoms with Gasteiger partial charge in [0.1, 0.15) is 18.3 Å². The van der Waals surface area contributed by atoms with E-state index in [2.05, 4.69) is 4.18 Å². The Morgan fingerprint density at radius 1 is 1.14 bits per heavy atom. The molecule has 0 saturated carbocycles. The van der Waals surface area contributed by atoms with Gasteiger partial charge in [-0.3, -0.25) is 4.55 Å². The van der Waals surface area contributed by atoms with Gasteiger partial charge in [0.2, 0.25) is 0 Å². The Balaban J connectivity index is 4.02. The summed E-state index contributed by atoms with van der Waals surface area (Å²) in [6.07, 6.45) is -5.11. The number of aliphatic hydroxyl groups is 4. The largest absolute Gasteiger partial charge is 0.397 e. The Morgan fingerprint density at radius 3 is 2.00 bits per heavy atom. The number of rotatable bonds is 6. The van der Waals surface area contributed by atoms with E-state index in [-0.39, 0.29) is 0 Å². The van der Waals surface area contributed by atoms with Crippen LogP contribution in [-0.4, -0.2) is 64.9 Å². The zero-order chi connectivity index (χ0) is 11.4. The molecular formula is C5H12O8S. The van der Waals surface area contributed by atoms with E-state index >= 15 is 0 Å². The summed E-state index contributed by atoms with van der Waals surface area (Å²) in [5.74, 6) is 0. The molecule has 0 fully saturated rings. The average molecular weight is 232 g/mol. The van der Waals surface area contributed by atoms with Crippen molar-refractivity contribution >= 4 is 10.4 Å². The summed E-state index contributed by atoms with van der Waals surface area (Å²) in [5, 5.41) is 35.1. The Labute approximate surface area is 80.3 Å². The van der Waals surface area contributed by atoms with Gasteiger partial charge in [0.25, 0.3) is 0 Å². The lowest BCUT2D eigenvalue weighted by molar-refractivity contribution is -0.0873. The quantitative estimate of drug-likeness (QED) is 0.302. The third kappa shape index (κ3) is 5.44. The molecule has 0 heterocycles. The third-order valence-electron chi connectivity index (χ3n) is 1.36. The normalized spacial score (nSPS) is 18.9. The van der Waals surface area contributed by atoms with E-state index in [1.54, 1.807) is 0 Å². The zero-order valence-electron chi connectivity index (χ0n) is 7.02. The summed E-state index contributed by atoms with van der Waals surface area (Å²) >= 11 is 0. The molecule has 0 radical (unpaired) electrons. The van der Waals surface area contributed by atoms with E-state index in [0.717, 1.165) is 0 Å². The van der Waals surface area contributed by atoms with Gasteiger partial charge in [-0.2, -0.15) is 8.42 Å². The van der Waals surface area contributed by atoms with Crippen LogP contribution in [-0.2, 0) is 14.6 Å². The first kappa shape index (κ1) is 13.7. The molecule has 14 heavy (non-hydrogen) atoms. The Kier molecular flexibility index (Phi) is 5.44. The first-order valence-corrected chi connectivity index (χ1v) is 4.91. The second-order valence-corrected chi connectivity index (χ2v) is 3.61. The molecule has 0 aliphatic heterocycles. The van der Waals surface area contributed by atoms with Gasteiger partial charge in [0, 0.05) is 0 Å². The molecule has 3 unspecified atom stereocenters. The highest BCUT2D eigenvalue weighted by molar-refractivity contribution is 7.80. The van der Waals surface area contributed by atoms with Crippen LogP contribution in [0, 0.1) is 0 Å². The molecule has 0 saturated heterocycles. The van der Waals surface area contributed by atoms with Crippen LogP contribution in [0.5, 0.6) is 0 Å². The minimum Gasteiger partial charge on any atom is -0.394 e. The van der Waals surface area contributed by atoms with Crippen LogP contribution in [0.15, 0.2) is 0 Å². The highest BCUT2D eigenvalue weighted by Gasteiger charge is 2.25. The highest BCUT2D eigenvalue weighted by Crippen LogP contribution is 2.01. The van der Waals surface area contributed by atoms with E-state index in [1.807, 2.05) is 0 Å². The molecule has 5 N–H and O–H groups in total. The van der Waals surface area contributed by atoms with Crippen LogP contribution >= 0.6 is 0 Å². The fourth-order valence-corrected chi connectivity index (χ4v) is 0.930. The van der Waals surface area contributed by atoms with Gasteiger partial charge < -0.3 is 20.4 Å². The first-order valence-electron chi connectivity index (χ1n) is 3.55. The summed E-state index contributed by atoms with van der Waals surface area (Å²) in [6.45, 7) is -1.72. The molecule has 0 aliphatic carbocycles. The van der Waals surface area contributed by atoms with E-state index in [4.69, 9.17) is 25.0 Å². The molecule has 0 aromatic carbocycles. The van der Waals surface area contributed by atoms with Gasteiger partial charge in [-0.1, -0.05) is 0 Å². The molecule has 86 valence electrons. The average Bonchev–Trinajstić information content (AvgIpc) is 2.10. The highest BCUT2D eigenvalue weighted by atomic mass is 32.3. The van der Waals surface area contributed by atoms with Crippen LogP contribution < -0.4 is 0 Å². The summed E-state index contributed by atoms with van der Waals surface area (Å²) in [7, 11) is -4.70. The van der Waals surface area contributed by atoms with Crippen molar-refractivity contribution in [2.75, 3.05) is 13.2 Å². The van der Waals surface area contributed by atoms with Crippen molar-refractivity contribution in [2.45, 2.75) is 18.3 Å². The van der Waals surface area contributed by atoms with Gasteiger partial charge in [-0.15, -0.1) is 0 Å². The number of hydrogen-bond acceptors (Lipinski definition) is 7. The maximum atomic E-state index is 10.0. The minimum atomic E-state index is -4.70. The lowest BCUT2D eigenvalue weighted by atomic mass is 10.1. The van der Waals surface area contributed by atoms with Crippen molar-refractivity contribution in [2.24, 2.45) is 0 Å².